The Bertz CT molecular complexity index is 646. The van der Waals surface area contributed by atoms with E-state index in [1.165, 1.54) is 0 Å². The maximum Gasteiger partial charge on any atom is 0.443 e. The molecule has 23 heavy (non-hydrogen) atoms. The molecule has 128 valence electrons. The van der Waals surface area contributed by atoms with Crippen molar-refractivity contribution in [2.45, 2.75) is 52.2 Å². The largest absolute Gasteiger partial charge is 0.444 e. The number of nitrogens with one attached hydrogen (secondary N) is 1. The molecule has 0 fully saturated rings. The molecule has 0 saturated heterocycles. The van der Waals surface area contributed by atoms with Gasteiger partial charge in [0.1, 0.15) is 24.4 Å². The quantitative estimate of drug-likeness (QED) is 0.578. The lowest BCUT2D eigenvalue weighted by molar-refractivity contribution is -0.137. The minimum absolute atomic E-state index is 0.0580. The lowest BCUT2D eigenvalue weighted by Gasteiger charge is -2.19. The number of alkyl halides is 3. The first kappa shape index (κ1) is 19.5. The molecular formula is C14H19F3N2O2SSi. The molecule has 0 unspecified atom stereocenters. The van der Waals surface area contributed by atoms with Gasteiger partial charge in [-0.25, -0.2) is 9.78 Å². The van der Waals surface area contributed by atoms with E-state index in [0.29, 0.717) is 11.3 Å². The molecule has 4 nitrogen and oxygen atoms in total. The van der Waals surface area contributed by atoms with Crippen molar-refractivity contribution in [2.24, 2.45) is 0 Å². The molecule has 0 atom stereocenters. The third-order valence-corrected chi connectivity index (χ3v) is 3.93. The summed E-state index contributed by atoms with van der Waals surface area (Å²) in [6, 6.07) is 0. The van der Waals surface area contributed by atoms with E-state index in [1.807, 2.05) is 19.6 Å². The van der Waals surface area contributed by atoms with Crippen molar-refractivity contribution >= 4 is 30.5 Å². The zero-order valence-electron chi connectivity index (χ0n) is 13.8. The molecular weight excluding hydrogens is 345 g/mol. The van der Waals surface area contributed by atoms with E-state index in [2.05, 4.69) is 21.8 Å². The molecule has 0 spiro atoms. The summed E-state index contributed by atoms with van der Waals surface area (Å²) in [4.78, 5) is 15.3. The second-order valence-electron chi connectivity index (χ2n) is 6.82. The second kappa shape index (κ2) is 6.53. The Hall–Kier alpha value is -1.53. The molecule has 0 radical (unpaired) electrons. The fraction of sp³-hybridized carbons (Fsp3) is 0.571. The third kappa shape index (κ3) is 7.05. The van der Waals surface area contributed by atoms with Gasteiger partial charge in [-0.3, -0.25) is 5.32 Å². The van der Waals surface area contributed by atoms with Crippen LogP contribution in [0.4, 0.5) is 23.0 Å². The summed E-state index contributed by atoms with van der Waals surface area (Å²) in [5, 5.41) is 1.19. The number of carbonyl (C=O) groups excluding carboxylic acids is 1. The maximum absolute atomic E-state index is 12.8. The molecule has 0 saturated carbocycles. The predicted octanol–water partition coefficient (Wildman–Crippen LogP) is 4.74. The number of ether oxygens (including phenoxy) is 1. The van der Waals surface area contributed by atoms with Crippen LogP contribution in [0, 0.1) is 11.5 Å². The molecule has 1 amide bonds. The zero-order chi connectivity index (χ0) is 18.1. The maximum atomic E-state index is 12.8. The molecule has 0 aliphatic carbocycles. The van der Waals surface area contributed by atoms with Gasteiger partial charge < -0.3 is 4.74 Å². The first-order valence-corrected chi connectivity index (χ1v) is 11.1. The van der Waals surface area contributed by atoms with Crippen LogP contribution in [0.3, 0.4) is 0 Å². The predicted molar refractivity (Wildman–Crippen MR) is 87.2 cm³/mol. The van der Waals surface area contributed by atoms with Gasteiger partial charge in [-0.15, -0.1) is 5.54 Å². The standard InChI is InChI=1S/C14H19F3N2O2SSi/c1-13(2,3)21-12(20)19-10-9(7-8-23(4,5)6)18-11(22-10)14(15,16)17/h1-6H3,(H,19,20). The van der Waals surface area contributed by atoms with Gasteiger partial charge in [-0.2, -0.15) is 13.2 Å². The van der Waals surface area contributed by atoms with Crippen molar-refractivity contribution in [3.63, 3.8) is 0 Å². The number of thiazole rings is 1. The summed E-state index contributed by atoms with van der Waals surface area (Å²) in [5.41, 5.74) is 2.09. The molecule has 9 heteroatoms. The van der Waals surface area contributed by atoms with Gasteiger partial charge in [0.2, 0.25) is 5.01 Å². The molecule has 0 aromatic carbocycles. The summed E-state index contributed by atoms with van der Waals surface area (Å²) < 4.78 is 43.5. The Morgan fingerprint density at radius 1 is 1.26 bits per heavy atom. The lowest BCUT2D eigenvalue weighted by atomic mass is 10.2. The zero-order valence-corrected chi connectivity index (χ0v) is 15.6. The van der Waals surface area contributed by atoms with Crippen molar-refractivity contribution in [1.29, 1.82) is 0 Å². The van der Waals surface area contributed by atoms with Crippen molar-refractivity contribution in [3.8, 4) is 11.5 Å². The van der Waals surface area contributed by atoms with Crippen LogP contribution < -0.4 is 5.32 Å². The Labute approximate surface area is 138 Å². The van der Waals surface area contributed by atoms with Crippen LogP contribution in [0.25, 0.3) is 0 Å². The highest BCUT2D eigenvalue weighted by Gasteiger charge is 2.36. The third-order valence-electron chi connectivity index (χ3n) is 2.04. The first-order chi connectivity index (χ1) is 10.2. The van der Waals surface area contributed by atoms with Crippen LogP contribution >= 0.6 is 11.3 Å². The highest BCUT2D eigenvalue weighted by molar-refractivity contribution is 7.16. The fourth-order valence-corrected chi connectivity index (χ4v) is 2.52. The highest BCUT2D eigenvalue weighted by Crippen LogP contribution is 2.36. The smallest absolute Gasteiger partial charge is 0.443 e. The van der Waals surface area contributed by atoms with Gasteiger partial charge in [0.25, 0.3) is 0 Å². The monoisotopic (exact) mass is 364 g/mol. The molecule has 1 N–H and O–H groups in total. The van der Waals surface area contributed by atoms with Crippen molar-refractivity contribution in [1.82, 2.24) is 4.98 Å². The van der Waals surface area contributed by atoms with Crippen LogP contribution in [-0.2, 0) is 10.9 Å². The second-order valence-corrected chi connectivity index (χ2v) is 12.6. The number of nitrogens with zero attached hydrogens (tertiary/aromatic N) is 1. The Kier molecular flexibility index (Phi) is 5.54. The van der Waals surface area contributed by atoms with Crippen LogP contribution in [0.2, 0.25) is 19.6 Å². The van der Waals surface area contributed by atoms with Gasteiger partial charge in [-0.05, 0) is 20.8 Å². The van der Waals surface area contributed by atoms with E-state index in [9.17, 15) is 18.0 Å². The van der Waals surface area contributed by atoms with Gasteiger partial charge in [0, 0.05) is 0 Å². The number of aromatic nitrogens is 1. The van der Waals surface area contributed by atoms with E-state index in [4.69, 9.17) is 4.74 Å². The number of anilines is 1. The van der Waals surface area contributed by atoms with Gasteiger partial charge in [-0.1, -0.05) is 36.9 Å². The minimum atomic E-state index is -4.59. The number of hydrogen-bond acceptors (Lipinski definition) is 4. The molecule has 1 aromatic heterocycles. The van der Waals surface area contributed by atoms with Crippen molar-refractivity contribution in [2.75, 3.05) is 5.32 Å². The average Bonchev–Trinajstić information content (AvgIpc) is 2.65. The topological polar surface area (TPSA) is 51.2 Å². The van der Waals surface area contributed by atoms with Crippen LogP contribution in [0.5, 0.6) is 0 Å². The molecule has 1 heterocycles. The highest BCUT2D eigenvalue weighted by atomic mass is 32.1. The summed E-state index contributed by atoms with van der Waals surface area (Å²) in [6.07, 6.45) is -5.43. The summed E-state index contributed by atoms with van der Waals surface area (Å²) in [5.74, 6) is 2.65. The van der Waals surface area contributed by atoms with E-state index < -0.39 is 31.0 Å². The fourth-order valence-electron chi connectivity index (χ4n) is 1.25. The van der Waals surface area contributed by atoms with Crippen LogP contribution in [0.1, 0.15) is 31.5 Å². The van der Waals surface area contributed by atoms with Gasteiger partial charge >= 0.3 is 12.3 Å². The Morgan fingerprint density at radius 3 is 2.26 bits per heavy atom. The van der Waals surface area contributed by atoms with E-state index in [-0.39, 0.29) is 10.7 Å². The number of hydrogen-bond donors (Lipinski definition) is 1. The summed E-state index contributed by atoms with van der Waals surface area (Å²) >= 11 is 0.336. The Balaban J connectivity index is 3.15. The number of rotatable bonds is 1. The summed E-state index contributed by atoms with van der Waals surface area (Å²) in [7, 11) is -1.80. The van der Waals surface area contributed by atoms with E-state index in [1.54, 1.807) is 20.8 Å². The lowest BCUT2D eigenvalue weighted by Crippen LogP contribution is -2.27. The van der Waals surface area contributed by atoms with E-state index >= 15 is 0 Å². The number of halogens is 3. The molecule has 0 aliphatic rings. The average molecular weight is 364 g/mol. The first-order valence-electron chi connectivity index (χ1n) is 6.78. The molecule has 0 aliphatic heterocycles. The van der Waals surface area contributed by atoms with Crippen molar-refractivity contribution < 1.29 is 22.7 Å². The number of amides is 1. The summed E-state index contributed by atoms with van der Waals surface area (Å²) in [6.45, 7) is 10.8. The normalized spacial score (nSPS) is 12.4. The number of carbonyl (C=O) groups is 1. The van der Waals surface area contributed by atoms with Gasteiger partial charge in [0.05, 0.1) is 0 Å². The molecule has 0 bridgehead atoms. The minimum Gasteiger partial charge on any atom is -0.444 e. The SMILES string of the molecule is CC(C)(C)OC(=O)Nc1sc(C(F)(F)F)nc1C#C[Si](C)(C)C. The van der Waals surface area contributed by atoms with Crippen molar-refractivity contribution in [3.05, 3.63) is 10.7 Å². The van der Waals surface area contributed by atoms with Crippen LogP contribution in [0.15, 0.2) is 0 Å². The Morgan fingerprint density at radius 2 is 1.83 bits per heavy atom. The van der Waals surface area contributed by atoms with Crippen LogP contribution in [-0.4, -0.2) is 24.8 Å². The van der Waals surface area contributed by atoms with Gasteiger partial charge in [0.15, 0.2) is 0 Å². The molecule has 1 aromatic rings. The molecule has 1 rings (SSSR count). The van der Waals surface area contributed by atoms with E-state index in [0.717, 1.165) is 0 Å².